The van der Waals surface area contributed by atoms with Crippen molar-refractivity contribution in [2.24, 2.45) is 0 Å². The average molecular weight is 320 g/mol. The van der Waals surface area contributed by atoms with Crippen molar-refractivity contribution in [1.29, 1.82) is 0 Å². The van der Waals surface area contributed by atoms with Crippen LogP contribution < -0.4 is 4.74 Å². The van der Waals surface area contributed by atoms with Gasteiger partial charge in [0.15, 0.2) is 0 Å². The molecule has 24 heavy (non-hydrogen) atoms. The molecular formula is C19H16N2O3. The van der Waals surface area contributed by atoms with Gasteiger partial charge in [0.1, 0.15) is 5.75 Å². The highest BCUT2D eigenvalue weighted by Crippen LogP contribution is 2.35. The van der Waals surface area contributed by atoms with Gasteiger partial charge in [0, 0.05) is 17.1 Å². The molecule has 0 atom stereocenters. The molecule has 2 aromatic rings. The van der Waals surface area contributed by atoms with E-state index in [2.05, 4.69) is 11.2 Å². The topological polar surface area (TPSA) is 67.2 Å². The van der Waals surface area contributed by atoms with Crippen molar-refractivity contribution in [3.05, 3.63) is 60.3 Å². The van der Waals surface area contributed by atoms with Crippen molar-refractivity contribution in [3.63, 3.8) is 0 Å². The van der Waals surface area contributed by atoms with Gasteiger partial charge in [-0.15, -0.1) is 0 Å². The number of carbonyl (C=O) groups is 1. The van der Waals surface area contributed by atoms with Gasteiger partial charge in [0.05, 0.1) is 23.6 Å². The lowest BCUT2D eigenvalue weighted by Gasteiger charge is -2.04. The number of fused-ring (bicyclic) bond motifs is 3. The Morgan fingerprint density at radius 3 is 2.88 bits per heavy atom. The Morgan fingerprint density at radius 2 is 2.08 bits per heavy atom. The number of benzene rings is 2. The van der Waals surface area contributed by atoms with Crippen molar-refractivity contribution in [2.75, 3.05) is 6.61 Å². The van der Waals surface area contributed by atoms with Crippen molar-refractivity contribution in [3.8, 4) is 22.7 Å². The molecule has 4 rings (SSSR count). The number of carboxylic acid groups (broad SMARTS) is 1. The Bertz CT molecular complexity index is 1010. The SMILES string of the molecule is CCOc1ccc2c3[nH]n(-c4cccc(C(=O)O)c4)cc-3cc2c1. The van der Waals surface area contributed by atoms with Crippen molar-refractivity contribution in [1.82, 2.24) is 9.78 Å². The summed E-state index contributed by atoms with van der Waals surface area (Å²) in [6, 6.07) is 15.0. The van der Waals surface area contributed by atoms with Crippen LogP contribution in [0.2, 0.25) is 0 Å². The summed E-state index contributed by atoms with van der Waals surface area (Å²) >= 11 is 0. The van der Waals surface area contributed by atoms with E-state index < -0.39 is 5.97 Å². The minimum atomic E-state index is -0.933. The number of carboxylic acids is 1. The first kappa shape index (κ1) is 14.4. The molecule has 2 aliphatic rings. The summed E-state index contributed by atoms with van der Waals surface area (Å²) in [4.78, 5) is 11.1. The molecule has 5 nitrogen and oxygen atoms in total. The summed E-state index contributed by atoms with van der Waals surface area (Å²) in [6.45, 7) is 2.61. The smallest absolute Gasteiger partial charge is 0.335 e. The lowest BCUT2D eigenvalue weighted by Crippen LogP contribution is -2.00. The second-order valence-electron chi connectivity index (χ2n) is 5.62. The third-order valence-corrected chi connectivity index (χ3v) is 4.07. The van der Waals surface area contributed by atoms with Crippen LogP contribution in [0.3, 0.4) is 0 Å². The predicted octanol–water partition coefficient (Wildman–Crippen LogP) is 4.16. The van der Waals surface area contributed by atoms with E-state index in [-0.39, 0.29) is 5.56 Å². The van der Waals surface area contributed by atoms with E-state index in [0.29, 0.717) is 6.61 Å². The maximum atomic E-state index is 11.1. The molecule has 0 amide bonds. The second kappa shape index (κ2) is 5.45. The van der Waals surface area contributed by atoms with Crippen LogP contribution in [0.15, 0.2) is 54.7 Å². The summed E-state index contributed by atoms with van der Waals surface area (Å²) < 4.78 is 7.38. The van der Waals surface area contributed by atoms with Crippen LogP contribution >= 0.6 is 0 Å². The number of nitrogens with zero attached hydrogens (tertiary/aromatic N) is 1. The van der Waals surface area contributed by atoms with Crippen molar-refractivity contribution in [2.45, 2.75) is 6.92 Å². The number of rotatable bonds is 4. The molecule has 2 aromatic carbocycles. The Balaban J connectivity index is 1.80. The first-order valence-electron chi connectivity index (χ1n) is 7.76. The first-order valence-corrected chi connectivity index (χ1v) is 7.76. The molecule has 0 radical (unpaired) electrons. The van der Waals surface area contributed by atoms with Crippen LogP contribution in [-0.4, -0.2) is 27.5 Å². The lowest BCUT2D eigenvalue weighted by molar-refractivity contribution is 0.0697. The highest BCUT2D eigenvalue weighted by Gasteiger charge is 2.15. The summed E-state index contributed by atoms with van der Waals surface area (Å²) in [7, 11) is 0. The van der Waals surface area contributed by atoms with Crippen LogP contribution in [0.25, 0.3) is 27.7 Å². The van der Waals surface area contributed by atoms with Crippen LogP contribution in [0, 0.1) is 0 Å². The fraction of sp³-hybridized carbons (Fsp3) is 0.105. The largest absolute Gasteiger partial charge is 0.494 e. The summed E-state index contributed by atoms with van der Waals surface area (Å²) in [5, 5.41) is 14.7. The normalized spacial score (nSPS) is 11.2. The Hall–Kier alpha value is -3.21. The fourth-order valence-corrected chi connectivity index (χ4v) is 2.99. The maximum absolute atomic E-state index is 11.1. The van der Waals surface area contributed by atoms with E-state index in [0.717, 1.165) is 33.5 Å². The zero-order valence-electron chi connectivity index (χ0n) is 13.1. The van der Waals surface area contributed by atoms with E-state index in [1.807, 2.05) is 42.1 Å². The highest BCUT2D eigenvalue weighted by molar-refractivity contribution is 6.01. The number of nitrogens with one attached hydrogen (secondary N) is 1. The number of ether oxygens (including phenoxy) is 1. The van der Waals surface area contributed by atoms with E-state index >= 15 is 0 Å². The fourth-order valence-electron chi connectivity index (χ4n) is 2.99. The molecule has 0 spiro atoms. The molecule has 0 aromatic heterocycles. The molecule has 1 heterocycles. The van der Waals surface area contributed by atoms with Crippen LogP contribution in [0.4, 0.5) is 0 Å². The lowest BCUT2D eigenvalue weighted by atomic mass is 10.2. The standard InChI is InChI=1S/C19H16N2O3/c1-2-24-16-6-7-17-13(10-16)8-14-11-21(20-18(14)17)15-5-3-4-12(9-15)19(22)23/h3-11,20H,2H2,1H3,(H,22,23). The molecule has 0 saturated heterocycles. The number of aromatic nitrogens is 2. The summed E-state index contributed by atoms with van der Waals surface area (Å²) in [6.07, 6.45) is 1.97. The number of hydrogen-bond acceptors (Lipinski definition) is 2. The molecule has 2 N–H and O–H groups in total. The Labute approximate surface area is 138 Å². The highest BCUT2D eigenvalue weighted by atomic mass is 16.5. The molecule has 1 aliphatic heterocycles. The van der Waals surface area contributed by atoms with Gasteiger partial charge in [-0.05, 0) is 54.8 Å². The number of H-pyrrole nitrogens is 1. The van der Waals surface area contributed by atoms with Crippen molar-refractivity contribution >= 4 is 16.7 Å². The zero-order valence-corrected chi connectivity index (χ0v) is 13.1. The summed E-state index contributed by atoms with van der Waals surface area (Å²) in [5.74, 6) is -0.0726. The van der Waals surface area contributed by atoms with Crippen LogP contribution in [0.5, 0.6) is 5.75 Å². The quantitative estimate of drug-likeness (QED) is 0.593. The third kappa shape index (κ3) is 2.31. The maximum Gasteiger partial charge on any atom is 0.335 e. The van der Waals surface area contributed by atoms with E-state index in [1.54, 1.807) is 18.2 Å². The molecule has 0 bridgehead atoms. The zero-order chi connectivity index (χ0) is 16.7. The van der Waals surface area contributed by atoms with Gasteiger partial charge in [-0.3, -0.25) is 9.78 Å². The van der Waals surface area contributed by atoms with Crippen LogP contribution in [0.1, 0.15) is 17.3 Å². The Kier molecular flexibility index (Phi) is 3.27. The van der Waals surface area contributed by atoms with Gasteiger partial charge in [-0.2, -0.15) is 0 Å². The van der Waals surface area contributed by atoms with E-state index in [4.69, 9.17) is 9.84 Å². The number of aromatic carboxylic acids is 1. The van der Waals surface area contributed by atoms with Gasteiger partial charge in [-0.1, -0.05) is 6.07 Å². The molecular weight excluding hydrogens is 304 g/mol. The number of hydrogen-bond donors (Lipinski definition) is 2. The van der Waals surface area contributed by atoms with Crippen LogP contribution in [-0.2, 0) is 0 Å². The molecule has 5 heteroatoms. The monoisotopic (exact) mass is 320 g/mol. The first-order chi connectivity index (χ1) is 11.7. The Morgan fingerprint density at radius 1 is 1.21 bits per heavy atom. The van der Waals surface area contributed by atoms with E-state index in [9.17, 15) is 4.79 Å². The number of aromatic amines is 1. The average Bonchev–Trinajstić information content (AvgIpc) is 3.12. The third-order valence-electron chi connectivity index (χ3n) is 4.07. The second-order valence-corrected chi connectivity index (χ2v) is 5.62. The minimum absolute atomic E-state index is 0.264. The van der Waals surface area contributed by atoms with Crippen molar-refractivity contribution < 1.29 is 14.6 Å². The van der Waals surface area contributed by atoms with Gasteiger partial charge >= 0.3 is 5.97 Å². The molecule has 1 aliphatic carbocycles. The van der Waals surface area contributed by atoms with Gasteiger partial charge in [-0.25, -0.2) is 4.79 Å². The molecule has 0 unspecified atom stereocenters. The van der Waals surface area contributed by atoms with Gasteiger partial charge in [0.25, 0.3) is 0 Å². The molecule has 0 saturated carbocycles. The minimum Gasteiger partial charge on any atom is -0.494 e. The predicted molar refractivity (Wildman–Crippen MR) is 92.4 cm³/mol. The van der Waals surface area contributed by atoms with Gasteiger partial charge < -0.3 is 9.84 Å². The summed E-state index contributed by atoms with van der Waals surface area (Å²) in [5.41, 5.74) is 3.14. The molecule has 120 valence electrons. The van der Waals surface area contributed by atoms with Gasteiger partial charge in [0.2, 0.25) is 0 Å². The van der Waals surface area contributed by atoms with E-state index in [1.165, 1.54) is 0 Å². The molecule has 0 fully saturated rings.